The zero-order valence-corrected chi connectivity index (χ0v) is 26.6. The maximum absolute atomic E-state index is 8.84. The number of benzene rings is 7. The molecule has 0 aliphatic carbocycles. The van der Waals surface area contributed by atoms with E-state index in [2.05, 4.69) is 59.2 Å². The molecule has 234 valence electrons. The summed E-state index contributed by atoms with van der Waals surface area (Å²) in [4.78, 5) is 14.8. The molecular weight excluding hydrogens is 611 g/mol. The summed E-state index contributed by atoms with van der Waals surface area (Å²) in [6.45, 7) is 0. The zero-order valence-electron chi connectivity index (χ0n) is 31.6. The van der Waals surface area contributed by atoms with E-state index in [1.165, 1.54) is 0 Å². The van der Waals surface area contributed by atoms with Gasteiger partial charge in [0.1, 0.15) is 0 Å². The maximum atomic E-state index is 8.84. The summed E-state index contributed by atoms with van der Waals surface area (Å²) in [6, 6.07) is 46.8. The normalized spacial score (nSPS) is 13.0. The predicted molar refractivity (Wildman–Crippen MR) is 205 cm³/mol. The van der Waals surface area contributed by atoms with Crippen LogP contribution >= 0.6 is 0 Å². The number of hydrogen-bond acceptors (Lipinski definition) is 3. The number of rotatable bonds is 5. The van der Waals surface area contributed by atoms with Gasteiger partial charge >= 0.3 is 0 Å². The van der Waals surface area contributed by atoms with Crippen LogP contribution in [0.5, 0.6) is 0 Å². The second kappa shape index (κ2) is 11.4. The van der Waals surface area contributed by atoms with Gasteiger partial charge in [-0.25, -0.2) is 4.98 Å². The minimum absolute atomic E-state index is 0.0189. The average molecular weight is 645 g/mol. The van der Waals surface area contributed by atoms with Crippen LogP contribution in [0.15, 0.2) is 176 Å². The molecule has 5 nitrogen and oxygen atoms in total. The van der Waals surface area contributed by atoms with Gasteiger partial charge in [0.25, 0.3) is 0 Å². The first kappa shape index (κ1) is 23.5. The molecule has 0 amide bonds. The fourth-order valence-electron chi connectivity index (χ4n) is 7.08. The fourth-order valence-corrected chi connectivity index (χ4v) is 7.08. The Morgan fingerprint density at radius 2 is 0.980 bits per heavy atom. The van der Waals surface area contributed by atoms with Gasteiger partial charge in [-0.05, 0) is 41.5 Å². The molecule has 0 spiro atoms. The molecule has 0 aliphatic heterocycles. The molecule has 10 aromatic rings. The molecule has 10 rings (SSSR count). The number of hydrogen-bond donors (Lipinski definition) is 0. The van der Waals surface area contributed by atoms with Crippen molar-refractivity contribution in [2.45, 2.75) is 0 Å². The van der Waals surface area contributed by atoms with Crippen molar-refractivity contribution in [3.05, 3.63) is 176 Å². The van der Waals surface area contributed by atoms with Crippen molar-refractivity contribution in [3.63, 3.8) is 0 Å². The fraction of sp³-hybridized carbons (Fsp3) is 0. The first-order valence-electron chi connectivity index (χ1n) is 18.9. The summed E-state index contributed by atoms with van der Waals surface area (Å²) in [5.74, 6) is 0.540. The molecule has 0 saturated heterocycles. The van der Waals surface area contributed by atoms with Crippen molar-refractivity contribution in [1.29, 1.82) is 0 Å². The van der Waals surface area contributed by atoms with E-state index in [0.29, 0.717) is 11.4 Å². The molecule has 5 heteroatoms. The Labute approximate surface area is 295 Å². The van der Waals surface area contributed by atoms with Crippen LogP contribution in [-0.4, -0.2) is 24.1 Å². The van der Waals surface area contributed by atoms with Gasteiger partial charge in [0.15, 0.2) is 11.6 Å². The molecule has 0 aliphatic rings. The highest BCUT2D eigenvalue weighted by Gasteiger charge is 2.22. The first-order chi connectivity index (χ1) is 26.9. The van der Waals surface area contributed by atoms with Gasteiger partial charge in [0.2, 0.25) is 5.95 Å². The molecule has 7 aromatic carbocycles. The summed E-state index contributed by atoms with van der Waals surface area (Å²) < 4.78 is 47.1. The van der Waals surface area contributed by atoms with Gasteiger partial charge in [-0.1, -0.05) is 145 Å². The summed E-state index contributed by atoms with van der Waals surface area (Å²) in [5.41, 5.74) is 7.51. The molecule has 50 heavy (non-hydrogen) atoms. The lowest BCUT2D eigenvalue weighted by molar-refractivity contribution is 0.953. The summed E-state index contributed by atoms with van der Waals surface area (Å²) >= 11 is 0. The summed E-state index contributed by atoms with van der Waals surface area (Å²) in [7, 11) is 0. The molecule has 3 aromatic heterocycles. The second-order valence-electron chi connectivity index (χ2n) is 12.1. The lowest BCUT2D eigenvalue weighted by Gasteiger charge is -2.11. The first-order valence-corrected chi connectivity index (χ1v) is 16.4. The van der Waals surface area contributed by atoms with Crippen LogP contribution in [0, 0.1) is 0 Å². The van der Waals surface area contributed by atoms with Crippen LogP contribution < -0.4 is 0 Å². The molecular formula is C45H29N5. The van der Waals surface area contributed by atoms with Gasteiger partial charge in [0, 0.05) is 38.4 Å². The van der Waals surface area contributed by atoms with Crippen LogP contribution in [0.4, 0.5) is 0 Å². The van der Waals surface area contributed by atoms with Gasteiger partial charge < -0.3 is 4.57 Å². The molecule has 0 radical (unpaired) electrons. The van der Waals surface area contributed by atoms with E-state index in [1.807, 2.05) is 95.6 Å². The van der Waals surface area contributed by atoms with Crippen molar-refractivity contribution in [2.24, 2.45) is 0 Å². The quantitative estimate of drug-likeness (QED) is 0.187. The number of aromatic nitrogens is 5. The van der Waals surface area contributed by atoms with Gasteiger partial charge in [-0.3, -0.25) is 4.57 Å². The highest BCUT2D eigenvalue weighted by molar-refractivity contribution is 6.26. The van der Waals surface area contributed by atoms with Crippen molar-refractivity contribution >= 4 is 43.6 Å². The minimum Gasteiger partial charge on any atom is -0.309 e. The highest BCUT2D eigenvalue weighted by Crippen LogP contribution is 2.41. The maximum Gasteiger partial charge on any atom is 0.238 e. The third kappa shape index (κ3) is 4.45. The van der Waals surface area contributed by atoms with E-state index in [0.717, 1.165) is 60.4 Å². The minimum atomic E-state index is -0.482. The van der Waals surface area contributed by atoms with Crippen LogP contribution in [-0.2, 0) is 0 Å². The van der Waals surface area contributed by atoms with Crippen molar-refractivity contribution < 1.29 is 6.85 Å². The largest absolute Gasteiger partial charge is 0.309 e. The van der Waals surface area contributed by atoms with E-state index in [4.69, 9.17) is 21.8 Å². The van der Waals surface area contributed by atoms with Crippen LogP contribution in [0.2, 0.25) is 0 Å². The van der Waals surface area contributed by atoms with E-state index in [-0.39, 0.29) is 29.4 Å². The van der Waals surface area contributed by atoms with Crippen LogP contribution in [0.25, 0.3) is 89.2 Å². The van der Waals surface area contributed by atoms with Crippen LogP contribution in [0.1, 0.15) is 6.85 Å². The summed E-state index contributed by atoms with van der Waals surface area (Å²) in [5, 5.41) is 4.22. The topological polar surface area (TPSA) is 48.5 Å². The van der Waals surface area contributed by atoms with Crippen molar-refractivity contribution in [2.75, 3.05) is 0 Å². The number of fused-ring (bicyclic) bond motifs is 7. The molecule has 3 heterocycles. The third-order valence-corrected chi connectivity index (χ3v) is 9.28. The Bertz CT molecular complexity index is 3110. The molecule has 0 unspecified atom stereocenters. The predicted octanol–water partition coefficient (Wildman–Crippen LogP) is 11.1. The smallest absolute Gasteiger partial charge is 0.238 e. The Hall–Kier alpha value is -6.85. The SMILES string of the molecule is [2H]c1c([2H])c([2H])c(-c2nc(-c3ccc(-c4ccccc4)cc3)nc(-n3c4ccccc4c4c3ccc3c5ccccc5n(-c5ccccc5)c34)n2)c([2H])c1[2H]. The lowest BCUT2D eigenvalue weighted by Crippen LogP contribution is -2.06. The van der Waals surface area contributed by atoms with Gasteiger partial charge in [-0.15, -0.1) is 0 Å². The second-order valence-corrected chi connectivity index (χ2v) is 12.1. The van der Waals surface area contributed by atoms with Gasteiger partial charge in [0.05, 0.1) is 28.9 Å². The molecule has 0 bridgehead atoms. The Balaban J connectivity index is 1.30. The standard InChI is InChI=1S/C45H29N5/c1-4-14-30(15-5-1)31-24-26-33(27-25-31)44-46-43(32-16-6-2-7-17-32)47-45(48-44)50-39-23-13-11-21-37(39)41-40(50)29-28-36-35-20-10-12-22-38(35)49(42(36)41)34-18-8-3-9-19-34/h1-29H/i2D,6D,7D,16D,17D. The van der Waals surface area contributed by atoms with E-state index in [1.54, 1.807) is 0 Å². The van der Waals surface area contributed by atoms with Crippen molar-refractivity contribution in [3.8, 4) is 45.5 Å². The number of para-hydroxylation sites is 3. The van der Waals surface area contributed by atoms with Gasteiger partial charge in [-0.2, -0.15) is 9.97 Å². The summed E-state index contributed by atoms with van der Waals surface area (Å²) in [6.07, 6.45) is 0. The van der Waals surface area contributed by atoms with E-state index >= 15 is 0 Å². The van der Waals surface area contributed by atoms with E-state index < -0.39 is 18.1 Å². The Morgan fingerprint density at radius 1 is 0.400 bits per heavy atom. The molecule has 0 atom stereocenters. The molecule has 0 fully saturated rings. The van der Waals surface area contributed by atoms with Crippen LogP contribution in [0.3, 0.4) is 0 Å². The molecule has 0 saturated carbocycles. The van der Waals surface area contributed by atoms with E-state index in [9.17, 15) is 0 Å². The lowest BCUT2D eigenvalue weighted by atomic mass is 10.0. The third-order valence-electron chi connectivity index (χ3n) is 9.28. The highest BCUT2D eigenvalue weighted by atomic mass is 15.2. The number of nitrogens with zero attached hydrogens (tertiary/aromatic N) is 5. The Kier molecular flexibility index (Phi) is 5.35. The zero-order chi connectivity index (χ0) is 37.4. The monoisotopic (exact) mass is 644 g/mol. The average Bonchev–Trinajstić information content (AvgIpc) is 3.76. The Morgan fingerprint density at radius 3 is 1.72 bits per heavy atom. The molecule has 0 N–H and O–H groups in total. The van der Waals surface area contributed by atoms with Crippen molar-refractivity contribution in [1.82, 2.24) is 24.1 Å².